The number of carbonyl (C=O) groups excluding carboxylic acids is 1. The lowest BCUT2D eigenvalue weighted by atomic mass is 9.98. The van der Waals surface area contributed by atoms with Gasteiger partial charge in [0.25, 0.3) is 0 Å². The molecule has 7 nitrogen and oxygen atoms in total. The summed E-state index contributed by atoms with van der Waals surface area (Å²) in [4.78, 5) is 33.4. The van der Waals surface area contributed by atoms with E-state index in [9.17, 15) is 4.79 Å². The number of aryl methyl sites for hydroxylation is 2. The molecule has 0 unspecified atom stereocenters. The second kappa shape index (κ2) is 10.5. The van der Waals surface area contributed by atoms with Gasteiger partial charge in [0, 0.05) is 43.9 Å². The number of ketones is 1. The van der Waals surface area contributed by atoms with Gasteiger partial charge in [-0.15, -0.1) is 11.3 Å². The number of aromatic nitrogens is 4. The van der Waals surface area contributed by atoms with Crippen LogP contribution in [0.5, 0.6) is 0 Å². The van der Waals surface area contributed by atoms with Crippen molar-refractivity contribution in [1.29, 1.82) is 0 Å². The number of benzene rings is 1. The molecule has 1 aromatic carbocycles. The number of pyridine rings is 1. The first-order valence-corrected chi connectivity index (χ1v) is 12.7. The Morgan fingerprint density at radius 2 is 1.83 bits per heavy atom. The maximum atomic E-state index is 12.7. The van der Waals surface area contributed by atoms with Gasteiger partial charge in [0.2, 0.25) is 5.95 Å². The van der Waals surface area contributed by atoms with Crippen molar-refractivity contribution in [2.75, 3.05) is 24.3 Å². The molecule has 0 aliphatic carbocycles. The summed E-state index contributed by atoms with van der Waals surface area (Å²) >= 11 is 1.50. The van der Waals surface area contributed by atoms with Crippen LogP contribution in [-0.2, 0) is 11.8 Å². The van der Waals surface area contributed by atoms with Crippen LogP contribution >= 0.6 is 11.3 Å². The molecule has 3 heterocycles. The van der Waals surface area contributed by atoms with Crippen molar-refractivity contribution in [3.8, 4) is 11.3 Å². The first kappa shape index (κ1) is 25.4. The lowest BCUT2D eigenvalue weighted by Crippen LogP contribution is -2.09. The zero-order valence-electron chi connectivity index (χ0n) is 21.7. The van der Waals surface area contributed by atoms with Crippen LogP contribution in [0.3, 0.4) is 0 Å². The van der Waals surface area contributed by atoms with Crippen molar-refractivity contribution in [2.24, 2.45) is 0 Å². The Bertz CT molecular complexity index is 1360. The molecule has 0 amide bonds. The zero-order chi connectivity index (χ0) is 25.9. The van der Waals surface area contributed by atoms with E-state index in [4.69, 9.17) is 0 Å². The topological polar surface area (TPSA) is 83.9 Å². The molecule has 0 fully saturated rings. The second-order valence-electron chi connectivity index (χ2n) is 10.0. The summed E-state index contributed by atoms with van der Waals surface area (Å²) in [6.07, 6.45) is 6.42. The average molecular weight is 501 g/mol. The van der Waals surface area contributed by atoms with Crippen molar-refractivity contribution in [2.45, 2.75) is 46.0 Å². The van der Waals surface area contributed by atoms with Gasteiger partial charge in [-0.3, -0.25) is 4.79 Å². The standard InChI is InChI=1S/C28H32N6OS/c1-18-15-20(8-7-19(18)9-11-23(35)24-17-31-26(36-24)28(2,3)4)22-13-14-29-27(32-22)33-25-12-10-21(16-30-25)34(5)6/h7-8,10,12-17H,9,11H2,1-6H3,(H,29,30,32,33). The summed E-state index contributed by atoms with van der Waals surface area (Å²) in [5, 5.41) is 4.16. The molecule has 0 radical (unpaired) electrons. The number of anilines is 3. The Morgan fingerprint density at radius 3 is 2.47 bits per heavy atom. The Kier molecular flexibility index (Phi) is 7.45. The minimum Gasteiger partial charge on any atom is -0.376 e. The molecule has 0 atom stereocenters. The third-order valence-corrected chi connectivity index (χ3v) is 7.31. The summed E-state index contributed by atoms with van der Waals surface area (Å²) in [7, 11) is 3.96. The quantitative estimate of drug-likeness (QED) is 0.287. The highest BCUT2D eigenvalue weighted by Crippen LogP contribution is 2.28. The molecule has 3 aromatic heterocycles. The molecule has 1 N–H and O–H groups in total. The van der Waals surface area contributed by atoms with Gasteiger partial charge in [-0.1, -0.05) is 32.9 Å². The maximum absolute atomic E-state index is 12.7. The number of hydrogen-bond donors (Lipinski definition) is 1. The molecule has 186 valence electrons. The Hall–Kier alpha value is -3.65. The van der Waals surface area contributed by atoms with Crippen LogP contribution in [0.1, 0.15) is 53.0 Å². The van der Waals surface area contributed by atoms with E-state index in [1.165, 1.54) is 11.3 Å². The van der Waals surface area contributed by atoms with Crippen LogP contribution in [0.25, 0.3) is 11.3 Å². The highest BCUT2D eigenvalue weighted by molar-refractivity contribution is 7.13. The summed E-state index contributed by atoms with van der Waals surface area (Å²) < 4.78 is 0. The summed E-state index contributed by atoms with van der Waals surface area (Å²) in [5.41, 5.74) is 5.09. The third-order valence-electron chi connectivity index (χ3n) is 5.84. The van der Waals surface area contributed by atoms with Crippen molar-refractivity contribution in [3.63, 3.8) is 0 Å². The van der Waals surface area contributed by atoms with E-state index >= 15 is 0 Å². The fourth-order valence-corrected chi connectivity index (χ4v) is 4.62. The molecule has 0 aliphatic heterocycles. The van der Waals surface area contributed by atoms with Gasteiger partial charge in [0.1, 0.15) is 5.82 Å². The van der Waals surface area contributed by atoms with Gasteiger partial charge in [0.05, 0.1) is 27.5 Å². The molecule has 4 aromatic rings. The molecular formula is C28H32N6OS. The van der Waals surface area contributed by atoms with Crippen molar-refractivity contribution >= 4 is 34.6 Å². The van der Waals surface area contributed by atoms with Gasteiger partial charge in [-0.25, -0.2) is 19.9 Å². The minimum absolute atomic E-state index is 0.0424. The lowest BCUT2D eigenvalue weighted by molar-refractivity contribution is 0.0986. The lowest BCUT2D eigenvalue weighted by Gasteiger charge is -2.13. The van der Waals surface area contributed by atoms with E-state index in [0.29, 0.717) is 24.6 Å². The highest BCUT2D eigenvalue weighted by Gasteiger charge is 2.20. The number of thiazole rings is 1. The molecule has 0 bridgehead atoms. The second-order valence-corrected chi connectivity index (χ2v) is 11.1. The van der Waals surface area contributed by atoms with Crippen molar-refractivity contribution in [1.82, 2.24) is 19.9 Å². The van der Waals surface area contributed by atoms with Crippen LogP contribution < -0.4 is 10.2 Å². The van der Waals surface area contributed by atoms with Crippen LogP contribution in [0.2, 0.25) is 0 Å². The monoisotopic (exact) mass is 500 g/mol. The number of carbonyl (C=O) groups is 1. The minimum atomic E-state index is -0.0424. The normalized spacial score (nSPS) is 11.4. The number of Topliss-reactive ketones (excluding diaryl/α,β-unsaturated/α-hetero) is 1. The fourth-order valence-electron chi connectivity index (χ4n) is 3.68. The van der Waals surface area contributed by atoms with Crippen molar-refractivity contribution in [3.05, 3.63) is 76.0 Å². The summed E-state index contributed by atoms with van der Waals surface area (Å²) in [6.45, 7) is 8.41. The van der Waals surface area contributed by atoms with E-state index in [0.717, 1.165) is 38.0 Å². The average Bonchev–Trinajstić information content (AvgIpc) is 3.35. The van der Waals surface area contributed by atoms with Crippen molar-refractivity contribution < 1.29 is 4.79 Å². The van der Waals surface area contributed by atoms with Crippen LogP contribution in [0.15, 0.2) is 55.0 Å². The van der Waals surface area contributed by atoms with E-state index in [1.807, 2.05) is 43.3 Å². The largest absolute Gasteiger partial charge is 0.376 e. The molecule has 36 heavy (non-hydrogen) atoms. The van der Waals surface area contributed by atoms with Gasteiger partial charge in [0.15, 0.2) is 5.78 Å². The fraction of sp³-hybridized carbons (Fsp3) is 0.321. The highest BCUT2D eigenvalue weighted by atomic mass is 32.1. The predicted octanol–water partition coefficient (Wildman–Crippen LogP) is 6.23. The molecule has 0 aliphatic rings. The van der Waals surface area contributed by atoms with Crippen LogP contribution in [0.4, 0.5) is 17.5 Å². The van der Waals surface area contributed by atoms with E-state index in [1.54, 1.807) is 18.6 Å². The molecule has 0 saturated carbocycles. The van der Waals surface area contributed by atoms with Crippen LogP contribution in [-0.4, -0.2) is 39.8 Å². The first-order chi connectivity index (χ1) is 17.1. The molecule has 0 saturated heterocycles. The Morgan fingerprint density at radius 1 is 1.03 bits per heavy atom. The van der Waals surface area contributed by atoms with E-state index in [2.05, 4.69) is 65.1 Å². The van der Waals surface area contributed by atoms with Gasteiger partial charge in [-0.2, -0.15) is 0 Å². The number of nitrogens with zero attached hydrogens (tertiary/aromatic N) is 5. The smallest absolute Gasteiger partial charge is 0.228 e. The maximum Gasteiger partial charge on any atom is 0.228 e. The van der Waals surface area contributed by atoms with Gasteiger partial charge >= 0.3 is 0 Å². The van der Waals surface area contributed by atoms with Gasteiger partial charge < -0.3 is 10.2 Å². The number of rotatable bonds is 8. The van der Waals surface area contributed by atoms with E-state index < -0.39 is 0 Å². The number of hydrogen-bond acceptors (Lipinski definition) is 8. The number of nitrogens with one attached hydrogen (secondary N) is 1. The zero-order valence-corrected chi connectivity index (χ0v) is 22.5. The summed E-state index contributed by atoms with van der Waals surface area (Å²) in [5.74, 6) is 1.32. The predicted molar refractivity (Wildman–Crippen MR) is 148 cm³/mol. The van der Waals surface area contributed by atoms with Crippen LogP contribution in [0, 0.1) is 6.92 Å². The first-order valence-electron chi connectivity index (χ1n) is 11.9. The molecular weight excluding hydrogens is 468 g/mol. The van der Waals surface area contributed by atoms with E-state index in [-0.39, 0.29) is 11.2 Å². The third kappa shape index (κ3) is 6.12. The Labute approximate surface area is 216 Å². The van der Waals surface area contributed by atoms with Gasteiger partial charge in [-0.05, 0) is 48.7 Å². The Balaban J connectivity index is 1.42. The SMILES string of the molecule is Cc1cc(-c2ccnc(Nc3ccc(N(C)C)cn3)n2)ccc1CCC(=O)c1cnc(C(C)(C)C)s1. The molecule has 4 rings (SSSR count). The molecule has 0 spiro atoms. The molecule has 8 heteroatoms. The summed E-state index contributed by atoms with van der Waals surface area (Å²) in [6, 6.07) is 12.0.